The molecule has 19 heavy (non-hydrogen) atoms. The Morgan fingerprint density at radius 3 is 2.32 bits per heavy atom. The average Bonchev–Trinajstić information content (AvgIpc) is 2.36. The van der Waals surface area contributed by atoms with Gasteiger partial charge in [-0.25, -0.2) is 0 Å². The molecule has 3 heteroatoms. The highest BCUT2D eigenvalue weighted by molar-refractivity contribution is 5.54. The topological polar surface area (TPSA) is 35.5 Å². The molecule has 0 fully saturated rings. The summed E-state index contributed by atoms with van der Waals surface area (Å²) in [5, 5.41) is 13.5. The van der Waals surface area contributed by atoms with Gasteiger partial charge >= 0.3 is 0 Å². The van der Waals surface area contributed by atoms with E-state index in [1.807, 2.05) is 12.1 Å². The van der Waals surface area contributed by atoms with Crippen molar-refractivity contribution in [1.82, 2.24) is 5.32 Å². The van der Waals surface area contributed by atoms with Crippen LogP contribution in [0.25, 0.3) is 0 Å². The van der Waals surface area contributed by atoms with Crippen molar-refractivity contribution >= 4 is 5.69 Å². The van der Waals surface area contributed by atoms with Crippen LogP contribution in [-0.2, 0) is 0 Å². The van der Waals surface area contributed by atoms with Crippen LogP contribution in [0, 0.1) is 5.92 Å². The van der Waals surface area contributed by atoms with Gasteiger partial charge in [-0.15, -0.1) is 0 Å². The Labute approximate surface area is 117 Å². The SMILES string of the molecule is CCNC(C)c1ccc(N(C)C(C)C(C)C)cc1O. The summed E-state index contributed by atoms with van der Waals surface area (Å²) < 4.78 is 0. The molecule has 108 valence electrons. The summed E-state index contributed by atoms with van der Waals surface area (Å²) in [4.78, 5) is 2.21. The van der Waals surface area contributed by atoms with Gasteiger partial charge in [0, 0.05) is 36.4 Å². The molecule has 0 aliphatic carbocycles. The number of hydrogen-bond acceptors (Lipinski definition) is 3. The Hall–Kier alpha value is -1.22. The van der Waals surface area contributed by atoms with Crippen molar-refractivity contribution in [1.29, 1.82) is 0 Å². The lowest BCUT2D eigenvalue weighted by Gasteiger charge is -2.30. The molecule has 0 radical (unpaired) electrons. The van der Waals surface area contributed by atoms with E-state index in [9.17, 15) is 5.11 Å². The molecule has 0 saturated heterocycles. The molecule has 0 spiro atoms. The maximum Gasteiger partial charge on any atom is 0.122 e. The fourth-order valence-electron chi connectivity index (χ4n) is 2.22. The summed E-state index contributed by atoms with van der Waals surface area (Å²) in [5.74, 6) is 0.946. The molecule has 1 aromatic carbocycles. The standard InChI is InChI=1S/C16H28N2O/c1-7-17-12(4)15-9-8-14(10-16(15)19)18(6)13(5)11(2)3/h8-13,17,19H,7H2,1-6H3. The third-order valence-electron chi connectivity index (χ3n) is 3.97. The third kappa shape index (κ3) is 3.87. The number of aromatic hydroxyl groups is 1. The van der Waals surface area contributed by atoms with E-state index in [1.54, 1.807) is 0 Å². The molecule has 0 saturated carbocycles. The Kier molecular flexibility index (Phi) is 5.67. The molecule has 1 rings (SSSR count). The first-order valence-corrected chi connectivity index (χ1v) is 7.17. The van der Waals surface area contributed by atoms with Crippen molar-refractivity contribution in [2.45, 2.75) is 46.7 Å². The normalized spacial score (nSPS) is 14.5. The minimum atomic E-state index is 0.173. The Balaban J connectivity index is 2.93. The second-order valence-electron chi connectivity index (χ2n) is 5.62. The van der Waals surface area contributed by atoms with E-state index in [0.29, 0.717) is 17.7 Å². The zero-order valence-electron chi connectivity index (χ0n) is 13.1. The van der Waals surface area contributed by atoms with Crippen LogP contribution in [0.4, 0.5) is 5.69 Å². The second-order valence-corrected chi connectivity index (χ2v) is 5.62. The molecule has 2 unspecified atom stereocenters. The molecule has 2 atom stereocenters. The lowest BCUT2D eigenvalue weighted by Crippen LogP contribution is -2.33. The molecule has 0 amide bonds. The van der Waals surface area contributed by atoms with Crippen LogP contribution in [0.2, 0.25) is 0 Å². The van der Waals surface area contributed by atoms with Gasteiger partial charge in [-0.2, -0.15) is 0 Å². The zero-order valence-corrected chi connectivity index (χ0v) is 13.1. The molecule has 1 aromatic rings. The highest BCUT2D eigenvalue weighted by Gasteiger charge is 2.16. The molecule has 3 nitrogen and oxygen atoms in total. The molecule has 0 bridgehead atoms. The fourth-order valence-corrected chi connectivity index (χ4v) is 2.22. The number of phenols is 1. The van der Waals surface area contributed by atoms with Crippen LogP contribution in [0.1, 0.15) is 46.2 Å². The number of benzene rings is 1. The van der Waals surface area contributed by atoms with Gasteiger partial charge in [0.2, 0.25) is 0 Å². The van der Waals surface area contributed by atoms with E-state index in [1.165, 1.54) is 0 Å². The molecule has 0 aliphatic heterocycles. The number of phenolic OH excluding ortho intramolecular Hbond substituents is 1. The van der Waals surface area contributed by atoms with Gasteiger partial charge in [-0.1, -0.05) is 26.8 Å². The van der Waals surface area contributed by atoms with Gasteiger partial charge in [-0.05, 0) is 32.4 Å². The highest BCUT2D eigenvalue weighted by Crippen LogP contribution is 2.30. The van der Waals surface area contributed by atoms with Gasteiger partial charge in [0.25, 0.3) is 0 Å². The van der Waals surface area contributed by atoms with Gasteiger partial charge in [0.1, 0.15) is 5.75 Å². The smallest absolute Gasteiger partial charge is 0.122 e. The quantitative estimate of drug-likeness (QED) is 0.825. The summed E-state index contributed by atoms with van der Waals surface area (Å²) in [6.07, 6.45) is 0. The van der Waals surface area contributed by atoms with E-state index in [2.05, 4.69) is 57.9 Å². The summed E-state index contributed by atoms with van der Waals surface area (Å²) in [6.45, 7) is 11.7. The Bertz CT molecular complexity index is 404. The second kappa shape index (κ2) is 6.80. The summed E-state index contributed by atoms with van der Waals surface area (Å²) in [5.41, 5.74) is 2.02. The predicted octanol–water partition coefficient (Wildman–Crippen LogP) is 3.54. The van der Waals surface area contributed by atoms with Crippen molar-refractivity contribution in [3.8, 4) is 5.75 Å². The van der Waals surface area contributed by atoms with E-state index < -0.39 is 0 Å². The lowest BCUT2D eigenvalue weighted by atomic mass is 10.0. The fraction of sp³-hybridized carbons (Fsp3) is 0.625. The van der Waals surface area contributed by atoms with E-state index in [4.69, 9.17) is 0 Å². The zero-order chi connectivity index (χ0) is 14.6. The van der Waals surface area contributed by atoms with Crippen molar-refractivity contribution in [2.75, 3.05) is 18.5 Å². The lowest BCUT2D eigenvalue weighted by molar-refractivity contribution is 0.453. The van der Waals surface area contributed by atoms with Crippen LogP contribution >= 0.6 is 0 Å². The molecule has 0 aliphatic rings. The van der Waals surface area contributed by atoms with Crippen molar-refractivity contribution in [3.05, 3.63) is 23.8 Å². The first kappa shape index (κ1) is 15.8. The minimum absolute atomic E-state index is 0.173. The monoisotopic (exact) mass is 264 g/mol. The highest BCUT2D eigenvalue weighted by atomic mass is 16.3. The van der Waals surface area contributed by atoms with Crippen LogP contribution in [0.5, 0.6) is 5.75 Å². The molecule has 0 aromatic heterocycles. The molecule has 0 heterocycles. The maximum atomic E-state index is 10.2. The van der Waals surface area contributed by atoms with Crippen molar-refractivity contribution in [2.24, 2.45) is 5.92 Å². The van der Waals surface area contributed by atoms with Crippen molar-refractivity contribution in [3.63, 3.8) is 0 Å². The Morgan fingerprint density at radius 2 is 1.84 bits per heavy atom. The summed E-state index contributed by atoms with van der Waals surface area (Å²) in [6, 6.07) is 6.58. The number of nitrogens with zero attached hydrogens (tertiary/aromatic N) is 1. The van der Waals surface area contributed by atoms with Crippen molar-refractivity contribution < 1.29 is 5.11 Å². The third-order valence-corrected chi connectivity index (χ3v) is 3.97. The van der Waals surface area contributed by atoms with Gasteiger partial charge < -0.3 is 15.3 Å². The van der Waals surface area contributed by atoms with E-state index in [-0.39, 0.29) is 6.04 Å². The average molecular weight is 264 g/mol. The predicted molar refractivity (Wildman–Crippen MR) is 82.9 cm³/mol. The van der Waals surface area contributed by atoms with Gasteiger partial charge in [0.15, 0.2) is 0 Å². The number of anilines is 1. The first-order chi connectivity index (χ1) is 8.88. The van der Waals surface area contributed by atoms with Crippen LogP contribution in [-0.4, -0.2) is 24.7 Å². The molecular formula is C16H28N2O. The van der Waals surface area contributed by atoms with Crippen LogP contribution in [0.3, 0.4) is 0 Å². The molecular weight excluding hydrogens is 236 g/mol. The van der Waals surface area contributed by atoms with Gasteiger partial charge in [-0.3, -0.25) is 0 Å². The molecule has 2 N–H and O–H groups in total. The summed E-state index contributed by atoms with van der Waals surface area (Å²) in [7, 11) is 2.08. The number of rotatable bonds is 6. The van der Waals surface area contributed by atoms with Crippen LogP contribution in [0.15, 0.2) is 18.2 Å². The van der Waals surface area contributed by atoms with Gasteiger partial charge in [0.05, 0.1) is 0 Å². The van der Waals surface area contributed by atoms with Crippen LogP contribution < -0.4 is 10.2 Å². The maximum absolute atomic E-state index is 10.2. The Morgan fingerprint density at radius 1 is 1.21 bits per heavy atom. The minimum Gasteiger partial charge on any atom is -0.508 e. The largest absolute Gasteiger partial charge is 0.508 e. The first-order valence-electron chi connectivity index (χ1n) is 7.17. The van der Waals surface area contributed by atoms with E-state index >= 15 is 0 Å². The number of hydrogen-bond donors (Lipinski definition) is 2. The van der Waals surface area contributed by atoms with E-state index in [0.717, 1.165) is 17.8 Å². The number of nitrogens with one attached hydrogen (secondary N) is 1. The summed E-state index contributed by atoms with van der Waals surface area (Å²) >= 11 is 0.